The molecule has 2 nitrogen and oxygen atoms in total. The van der Waals surface area contributed by atoms with Crippen LogP contribution < -0.4 is 0 Å². The first-order chi connectivity index (χ1) is 7.13. The number of carbonyl (C=O) groups is 1. The molecule has 0 aliphatic carbocycles. The van der Waals surface area contributed by atoms with Crippen molar-refractivity contribution < 1.29 is 9.90 Å². The van der Waals surface area contributed by atoms with Gasteiger partial charge in [-0.05, 0) is 12.3 Å². The molecule has 1 heterocycles. The van der Waals surface area contributed by atoms with Crippen molar-refractivity contribution in [2.75, 3.05) is 0 Å². The van der Waals surface area contributed by atoms with E-state index >= 15 is 0 Å². The molecule has 0 spiro atoms. The van der Waals surface area contributed by atoms with Crippen molar-refractivity contribution in [3.8, 4) is 0 Å². The minimum Gasteiger partial charge on any atom is -0.511 e. The highest BCUT2D eigenvalue weighted by atomic mass is 32.2. The summed E-state index contributed by atoms with van der Waals surface area (Å²) in [7, 11) is 0. The predicted octanol–water partition coefficient (Wildman–Crippen LogP) is 3.68. The Kier molecular flexibility index (Phi) is 5.23. The Balaban J connectivity index is 2.24. The Morgan fingerprint density at radius 1 is 1.53 bits per heavy atom. The molecule has 86 valence electrons. The molecule has 3 heteroatoms. The van der Waals surface area contributed by atoms with E-state index in [0.29, 0.717) is 5.92 Å². The Bertz CT molecular complexity index is 248. The van der Waals surface area contributed by atoms with Crippen LogP contribution >= 0.6 is 11.8 Å². The highest BCUT2D eigenvalue weighted by Gasteiger charge is 2.26. The number of thioether (sulfide) groups is 1. The summed E-state index contributed by atoms with van der Waals surface area (Å²) in [5.74, 6) is 0.864. The van der Waals surface area contributed by atoms with Gasteiger partial charge in [0, 0.05) is 6.08 Å². The fourth-order valence-electron chi connectivity index (χ4n) is 1.84. The van der Waals surface area contributed by atoms with Crippen LogP contribution in [0.25, 0.3) is 0 Å². The lowest BCUT2D eigenvalue weighted by Gasteiger charge is -2.15. The van der Waals surface area contributed by atoms with E-state index in [9.17, 15) is 9.90 Å². The number of aliphatic hydroxyl groups excluding tert-OH is 1. The monoisotopic (exact) mass is 228 g/mol. The zero-order chi connectivity index (χ0) is 11.3. The highest BCUT2D eigenvalue weighted by Crippen LogP contribution is 2.32. The van der Waals surface area contributed by atoms with E-state index in [0.717, 1.165) is 6.42 Å². The molecule has 15 heavy (non-hydrogen) atoms. The molecule has 2 atom stereocenters. The number of hydrogen-bond acceptors (Lipinski definition) is 3. The first-order valence-electron chi connectivity index (χ1n) is 5.74. The van der Waals surface area contributed by atoms with Crippen molar-refractivity contribution >= 4 is 16.9 Å². The van der Waals surface area contributed by atoms with Crippen LogP contribution in [0.4, 0.5) is 0 Å². The first-order valence-corrected chi connectivity index (χ1v) is 6.62. The van der Waals surface area contributed by atoms with Gasteiger partial charge in [-0.2, -0.15) is 0 Å². The molecule has 0 saturated carbocycles. The minimum atomic E-state index is -0.00161. The molecular formula is C12H20O2S. The van der Waals surface area contributed by atoms with E-state index in [-0.39, 0.29) is 16.1 Å². The van der Waals surface area contributed by atoms with Crippen molar-refractivity contribution in [2.24, 2.45) is 5.92 Å². The second-order valence-electron chi connectivity index (χ2n) is 4.33. The van der Waals surface area contributed by atoms with Gasteiger partial charge >= 0.3 is 0 Å². The maximum Gasteiger partial charge on any atom is 0.216 e. The quantitative estimate of drug-likeness (QED) is 0.705. The van der Waals surface area contributed by atoms with Gasteiger partial charge in [0.2, 0.25) is 5.12 Å². The molecule has 0 fully saturated rings. The normalized spacial score (nSPS) is 22.9. The second kappa shape index (κ2) is 6.21. The van der Waals surface area contributed by atoms with Gasteiger partial charge in [0.1, 0.15) is 5.76 Å². The lowest BCUT2D eigenvalue weighted by atomic mass is 9.97. The van der Waals surface area contributed by atoms with Crippen LogP contribution in [0.1, 0.15) is 46.0 Å². The standard InChI is InChI=1S/C12H20O2S/c1-3-4-5-6-9(2)7-11-10(13)8-12(14)15-11/h8-9,11,13H,3-7H2,1-2H3. The first kappa shape index (κ1) is 12.6. The number of carbonyl (C=O) groups excluding carboxylic acids is 1. The molecule has 0 aromatic rings. The van der Waals surface area contributed by atoms with Gasteiger partial charge in [0.25, 0.3) is 0 Å². The summed E-state index contributed by atoms with van der Waals surface area (Å²) in [5, 5.41) is 9.52. The van der Waals surface area contributed by atoms with E-state index < -0.39 is 0 Å². The number of unbranched alkanes of at least 4 members (excludes halogenated alkanes) is 2. The third-order valence-corrected chi connectivity index (χ3v) is 3.84. The lowest BCUT2D eigenvalue weighted by Crippen LogP contribution is -2.09. The lowest BCUT2D eigenvalue weighted by molar-refractivity contribution is -0.106. The molecule has 0 bridgehead atoms. The smallest absolute Gasteiger partial charge is 0.216 e. The van der Waals surface area contributed by atoms with Gasteiger partial charge in [0.05, 0.1) is 5.25 Å². The van der Waals surface area contributed by atoms with Crippen LogP contribution in [0.5, 0.6) is 0 Å². The van der Waals surface area contributed by atoms with Crippen LogP contribution in [-0.4, -0.2) is 15.5 Å². The van der Waals surface area contributed by atoms with Gasteiger partial charge in [-0.3, -0.25) is 4.79 Å². The Morgan fingerprint density at radius 2 is 2.27 bits per heavy atom. The average molecular weight is 228 g/mol. The van der Waals surface area contributed by atoms with Crippen LogP contribution in [0.2, 0.25) is 0 Å². The van der Waals surface area contributed by atoms with Gasteiger partial charge in [-0.25, -0.2) is 0 Å². The van der Waals surface area contributed by atoms with Crippen LogP contribution in [-0.2, 0) is 4.79 Å². The highest BCUT2D eigenvalue weighted by molar-refractivity contribution is 8.15. The van der Waals surface area contributed by atoms with Crippen LogP contribution in [0, 0.1) is 5.92 Å². The van der Waals surface area contributed by atoms with Crippen LogP contribution in [0.3, 0.4) is 0 Å². The zero-order valence-corrected chi connectivity index (χ0v) is 10.3. The number of aliphatic hydroxyl groups is 1. The number of hydrogen-bond donors (Lipinski definition) is 1. The van der Waals surface area contributed by atoms with Gasteiger partial charge in [-0.1, -0.05) is 51.3 Å². The fraction of sp³-hybridized carbons (Fsp3) is 0.750. The van der Waals surface area contributed by atoms with Crippen LogP contribution in [0.15, 0.2) is 11.8 Å². The van der Waals surface area contributed by atoms with Gasteiger partial charge < -0.3 is 5.11 Å². The van der Waals surface area contributed by atoms with E-state index in [4.69, 9.17) is 0 Å². The molecule has 0 amide bonds. The van der Waals surface area contributed by atoms with Crippen molar-refractivity contribution in [2.45, 2.75) is 51.2 Å². The second-order valence-corrected chi connectivity index (χ2v) is 5.54. The molecule has 1 aliphatic heterocycles. The predicted molar refractivity (Wildman–Crippen MR) is 65.0 cm³/mol. The molecule has 2 unspecified atom stereocenters. The van der Waals surface area contributed by atoms with Gasteiger partial charge in [-0.15, -0.1) is 0 Å². The minimum absolute atomic E-state index is 0.00161. The van der Waals surface area contributed by atoms with Crippen molar-refractivity contribution in [1.82, 2.24) is 0 Å². The maximum absolute atomic E-state index is 11.0. The Morgan fingerprint density at radius 3 is 2.80 bits per heavy atom. The SMILES string of the molecule is CCCCCC(C)CC1SC(=O)C=C1O. The molecule has 0 radical (unpaired) electrons. The average Bonchev–Trinajstić information content (AvgIpc) is 2.45. The summed E-state index contributed by atoms with van der Waals surface area (Å²) in [6.45, 7) is 4.40. The maximum atomic E-state index is 11.0. The summed E-state index contributed by atoms with van der Waals surface area (Å²) in [6, 6.07) is 0. The van der Waals surface area contributed by atoms with Crippen molar-refractivity contribution in [3.05, 3.63) is 11.8 Å². The third-order valence-electron chi connectivity index (χ3n) is 2.77. The van der Waals surface area contributed by atoms with E-state index in [1.54, 1.807) is 0 Å². The summed E-state index contributed by atoms with van der Waals surface area (Å²) >= 11 is 1.26. The fourth-order valence-corrected chi connectivity index (χ4v) is 2.93. The molecule has 0 aromatic carbocycles. The topological polar surface area (TPSA) is 37.3 Å². The molecule has 1 aliphatic rings. The third kappa shape index (κ3) is 4.29. The summed E-state index contributed by atoms with van der Waals surface area (Å²) < 4.78 is 0. The molecular weight excluding hydrogens is 208 g/mol. The van der Waals surface area contributed by atoms with E-state index in [1.807, 2.05) is 0 Å². The van der Waals surface area contributed by atoms with E-state index in [1.165, 1.54) is 43.5 Å². The largest absolute Gasteiger partial charge is 0.511 e. The van der Waals surface area contributed by atoms with E-state index in [2.05, 4.69) is 13.8 Å². The molecule has 1 N–H and O–H groups in total. The van der Waals surface area contributed by atoms with Gasteiger partial charge in [0.15, 0.2) is 0 Å². The van der Waals surface area contributed by atoms with Crippen molar-refractivity contribution in [3.63, 3.8) is 0 Å². The summed E-state index contributed by atoms with van der Waals surface area (Å²) in [5.41, 5.74) is 0. The molecule has 0 saturated heterocycles. The Labute approximate surface area is 96.1 Å². The summed E-state index contributed by atoms with van der Waals surface area (Å²) in [6.07, 6.45) is 7.26. The Hall–Kier alpha value is -0.440. The molecule has 0 aromatic heterocycles. The summed E-state index contributed by atoms with van der Waals surface area (Å²) in [4.78, 5) is 11.0. The number of rotatable bonds is 6. The zero-order valence-electron chi connectivity index (χ0n) is 9.53. The molecule has 1 rings (SSSR count). The van der Waals surface area contributed by atoms with Crippen molar-refractivity contribution in [1.29, 1.82) is 0 Å².